The van der Waals surface area contributed by atoms with Gasteiger partial charge in [-0.2, -0.15) is 5.10 Å². The van der Waals surface area contributed by atoms with Gasteiger partial charge in [0.2, 0.25) is 5.91 Å². The molecule has 4 aromatic rings. The molecule has 30 heavy (non-hydrogen) atoms. The summed E-state index contributed by atoms with van der Waals surface area (Å²) in [6.45, 7) is 0.584. The number of amides is 2. The molecule has 0 unspecified atom stereocenters. The van der Waals surface area contributed by atoms with E-state index in [0.29, 0.717) is 23.3 Å². The number of carbonyl (C=O) groups is 3. The zero-order chi connectivity index (χ0) is 21.0. The van der Waals surface area contributed by atoms with Gasteiger partial charge in [-0.25, -0.2) is 9.31 Å². The van der Waals surface area contributed by atoms with Crippen LogP contribution in [0.2, 0.25) is 0 Å². The number of carbonyl (C=O) groups excluding carboxylic acids is 3. The Morgan fingerprint density at radius 2 is 2.13 bits per heavy atom. The van der Waals surface area contributed by atoms with Crippen molar-refractivity contribution in [1.29, 1.82) is 0 Å². The predicted molar refractivity (Wildman–Crippen MR) is 105 cm³/mol. The summed E-state index contributed by atoms with van der Waals surface area (Å²) in [5.41, 5.74) is 8.24. The van der Waals surface area contributed by atoms with Crippen LogP contribution < -0.4 is 5.73 Å². The number of ether oxygens (including phenoxy) is 1. The maximum absolute atomic E-state index is 12.9. The Morgan fingerprint density at radius 3 is 2.90 bits per heavy atom. The molecule has 1 aliphatic rings. The number of pyridine rings is 1. The topological polar surface area (TPSA) is 120 Å². The number of hydrogen-bond acceptors (Lipinski definition) is 6. The number of furan rings is 1. The summed E-state index contributed by atoms with van der Waals surface area (Å²) in [7, 11) is 1.24. The molecule has 2 amide bonds. The molecule has 4 heterocycles. The van der Waals surface area contributed by atoms with Crippen molar-refractivity contribution in [2.24, 2.45) is 5.73 Å². The van der Waals surface area contributed by atoms with Gasteiger partial charge < -0.3 is 19.8 Å². The number of nitrogens with two attached hydrogens (primary N) is 1. The molecule has 1 aliphatic heterocycles. The first-order valence-electron chi connectivity index (χ1n) is 9.15. The van der Waals surface area contributed by atoms with Gasteiger partial charge in [0.05, 0.1) is 30.9 Å². The van der Waals surface area contributed by atoms with E-state index < -0.39 is 11.9 Å². The fourth-order valence-corrected chi connectivity index (χ4v) is 3.85. The van der Waals surface area contributed by atoms with Gasteiger partial charge in [-0.1, -0.05) is 6.07 Å². The zero-order valence-corrected chi connectivity index (χ0v) is 15.9. The van der Waals surface area contributed by atoms with Gasteiger partial charge in [0.1, 0.15) is 16.9 Å². The Morgan fingerprint density at radius 1 is 1.30 bits per heavy atom. The maximum Gasteiger partial charge on any atom is 0.341 e. The second-order valence-electron chi connectivity index (χ2n) is 7.06. The van der Waals surface area contributed by atoms with Crippen molar-refractivity contribution in [3.8, 4) is 0 Å². The molecule has 150 valence electrons. The van der Waals surface area contributed by atoms with Gasteiger partial charge in [-0.05, 0) is 29.8 Å². The largest absolute Gasteiger partial charge is 0.465 e. The number of benzene rings is 1. The number of methoxy groups -OCH3 is 1. The molecule has 0 atom stereocenters. The molecule has 0 saturated heterocycles. The number of primary amides is 1. The van der Waals surface area contributed by atoms with E-state index in [1.54, 1.807) is 33.9 Å². The molecule has 0 saturated carbocycles. The van der Waals surface area contributed by atoms with Crippen molar-refractivity contribution in [1.82, 2.24) is 14.5 Å². The Kier molecular flexibility index (Phi) is 3.85. The Balaban J connectivity index is 1.54. The lowest BCUT2D eigenvalue weighted by molar-refractivity contribution is 0.0600. The molecule has 9 nitrogen and oxygen atoms in total. The van der Waals surface area contributed by atoms with Crippen LogP contribution in [0.25, 0.3) is 16.5 Å². The zero-order valence-electron chi connectivity index (χ0n) is 15.9. The first-order valence-corrected chi connectivity index (χ1v) is 9.15. The summed E-state index contributed by atoms with van der Waals surface area (Å²) < 4.78 is 12.4. The third kappa shape index (κ3) is 2.63. The van der Waals surface area contributed by atoms with Crippen LogP contribution in [0.3, 0.4) is 0 Å². The van der Waals surface area contributed by atoms with Crippen LogP contribution in [-0.2, 0) is 17.8 Å². The van der Waals surface area contributed by atoms with E-state index in [-0.39, 0.29) is 29.2 Å². The highest BCUT2D eigenvalue weighted by molar-refractivity contribution is 6.07. The van der Waals surface area contributed by atoms with Crippen LogP contribution in [0.15, 0.2) is 47.1 Å². The van der Waals surface area contributed by atoms with E-state index in [1.807, 2.05) is 12.1 Å². The lowest BCUT2D eigenvalue weighted by atomic mass is 10.1. The van der Waals surface area contributed by atoms with Crippen molar-refractivity contribution >= 4 is 34.3 Å². The molecule has 5 rings (SSSR count). The molecule has 1 aromatic carbocycles. The number of aromatic nitrogens is 2. The second-order valence-corrected chi connectivity index (χ2v) is 7.06. The van der Waals surface area contributed by atoms with Crippen LogP contribution >= 0.6 is 0 Å². The summed E-state index contributed by atoms with van der Waals surface area (Å²) in [5, 5.41) is 4.76. The molecule has 0 spiro atoms. The lowest BCUT2D eigenvalue weighted by Gasteiger charge is -2.25. The normalized spacial score (nSPS) is 13.2. The van der Waals surface area contributed by atoms with Crippen LogP contribution in [-0.4, -0.2) is 39.4 Å². The van der Waals surface area contributed by atoms with Gasteiger partial charge in [-0.15, -0.1) is 0 Å². The molecule has 0 bridgehead atoms. The average Bonchev–Trinajstić information content (AvgIpc) is 3.35. The number of nitrogens with zero attached hydrogens (tertiary/aromatic N) is 3. The van der Waals surface area contributed by atoms with Crippen LogP contribution in [0.4, 0.5) is 0 Å². The van der Waals surface area contributed by atoms with Gasteiger partial charge in [-0.3, -0.25) is 9.59 Å². The van der Waals surface area contributed by atoms with Gasteiger partial charge >= 0.3 is 5.97 Å². The molecule has 9 heteroatoms. The van der Waals surface area contributed by atoms with E-state index in [0.717, 1.165) is 11.1 Å². The van der Waals surface area contributed by atoms with Crippen molar-refractivity contribution in [3.63, 3.8) is 0 Å². The van der Waals surface area contributed by atoms with Crippen molar-refractivity contribution in [2.75, 3.05) is 7.11 Å². The number of rotatable bonds is 4. The molecule has 0 fully saturated rings. The van der Waals surface area contributed by atoms with Gasteiger partial charge in [0.25, 0.3) is 5.91 Å². The van der Waals surface area contributed by atoms with E-state index in [4.69, 9.17) is 14.9 Å². The fraction of sp³-hybridized carbons (Fsp3) is 0.143. The second kappa shape index (κ2) is 6.45. The summed E-state index contributed by atoms with van der Waals surface area (Å²) in [6.07, 6.45) is 3.36. The van der Waals surface area contributed by atoms with Crippen LogP contribution in [0, 0.1) is 0 Å². The predicted octanol–water partition coefficient (Wildman–Crippen LogP) is 2.12. The minimum Gasteiger partial charge on any atom is -0.465 e. The minimum absolute atomic E-state index is 0.101. The number of esters is 1. The van der Waals surface area contributed by atoms with Gasteiger partial charge in [0.15, 0.2) is 0 Å². The van der Waals surface area contributed by atoms with E-state index in [1.165, 1.54) is 13.2 Å². The summed E-state index contributed by atoms with van der Waals surface area (Å²) in [4.78, 5) is 38.4. The third-order valence-electron chi connectivity index (χ3n) is 5.21. The van der Waals surface area contributed by atoms with E-state index >= 15 is 0 Å². The quantitative estimate of drug-likeness (QED) is 0.520. The molecule has 2 N–H and O–H groups in total. The minimum atomic E-state index is -0.669. The smallest absolute Gasteiger partial charge is 0.341 e. The number of fused-ring (bicyclic) bond motifs is 1. The first kappa shape index (κ1) is 17.9. The average molecular weight is 404 g/mol. The first-order chi connectivity index (χ1) is 14.5. The Bertz CT molecular complexity index is 1370. The SMILES string of the molecule is COC(=O)c1cc(C(N)=O)cc2cc(CN3Cc4cccn5ncc(c45)C3=O)oc12. The molecule has 0 aliphatic carbocycles. The van der Waals surface area contributed by atoms with E-state index in [9.17, 15) is 14.4 Å². The summed E-state index contributed by atoms with van der Waals surface area (Å²) >= 11 is 0. The van der Waals surface area contributed by atoms with Crippen molar-refractivity contribution in [2.45, 2.75) is 13.1 Å². The van der Waals surface area contributed by atoms with Gasteiger partial charge in [0, 0.05) is 23.7 Å². The molecular formula is C21H16N4O5. The molecular weight excluding hydrogens is 388 g/mol. The fourth-order valence-electron chi connectivity index (χ4n) is 3.85. The third-order valence-corrected chi connectivity index (χ3v) is 5.21. The highest BCUT2D eigenvalue weighted by Gasteiger charge is 2.28. The van der Waals surface area contributed by atoms with E-state index in [2.05, 4.69) is 5.10 Å². The Labute approximate surface area is 169 Å². The van der Waals surface area contributed by atoms with Crippen LogP contribution in [0.1, 0.15) is 42.4 Å². The van der Waals surface area contributed by atoms with Crippen molar-refractivity contribution < 1.29 is 23.5 Å². The monoisotopic (exact) mass is 404 g/mol. The maximum atomic E-state index is 12.9. The molecule has 0 radical (unpaired) electrons. The highest BCUT2D eigenvalue weighted by atomic mass is 16.5. The Hall–Kier alpha value is -4.14. The summed E-state index contributed by atoms with van der Waals surface area (Å²) in [5.74, 6) is -1.00. The molecule has 3 aromatic heterocycles. The van der Waals surface area contributed by atoms with Crippen molar-refractivity contribution in [3.05, 3.63) is 70.7 Å². The lowest BCUT2D eigenvalue weighted by Crippen LogP contribution is -2.33. The standard InChI is InChI=1S/C21H16N4O5/c1-29-21(28)15-7-13(19(22)26)5-12-6-14(30-18(12)15)10-24-9-11-3-2-4-25-17(11)16(8-23-25)20(24)27/h2-8H,9-10H2,1H3,(H2,22,26). The number of hydrogen-bond donors (Lipinski definition) is 1. The highest BCUT2D eigenvalue weighted by Crippen LogP contribution is 2.30. The summed E-state index contributed by atoms with van der Waals surface area (Å²) in [6, 6.07) is 8.41. The van der Waals surface area contributed by atoms with Crippen LogP contribution in [0.5, 0.6) is 0 Å².